The Balaban J connectivity index is 2.09. The number of ether oxygens (including phenoxy) is 2. The van der Waals surface area contributed by atoms with Crippen molar-refractivity contribution in [3.05, 3.63) is 41.3 Å². The molecule has 9 heteroatoms. The van der Waals surface area contributed by atoms with Gasteiger partial charge in [0, 0.05) is 24.1 Å². The Morgan fingerprint density at radius 3 is 2.57 bits per heavy atom. The molecule has 0 radical (unpaired) electrons. The zero-order chi connectivity index (χ0) is 21.9. The van der Waals surface area contributed by atoms with Gasteiger partial charge < -0.3 is 24.6 Å². The highest BCUT2D eigenvalue weighted by atomic mass is 19.3. The standard InChI is InChI=1S/C21H30F2N4O3/c1-5-14(6-2)18-11-17(30-27-18)13-26-21(24-7-3)25-12-15-10-16(28-4)8-9-19(15)29-20(22)23/h8-11,14,20H,5-7,12-13H2,1-4H3,(H2,24,25,26). The number of hydrogen-bond acceptors (Lipinski definition) is 5. The lowest BCUT2D eigenvalue weighted by atomic mass is 9.99. The van der Waals surface area contributed by atoms with E-state index in [1.54, 1.807) is 12.1 Å². The average Bonchev–Trinajstić information content (AvgIpc) is 3.20. The van der Waals surface area contributed by atoms with E-state index in [0.29, 0.717) is 42.0 Å². The number of hydrogen-bond donors (Lipinski definition) is 2. The maximum Gasteiger partial charge on any atom is 0.387 e. The number of nitrogens with zero attached hydrogens (tertiary/aromatic N) is 2. The summed E-state index contributed by atoms with van der Waals surface area (Å²) >= 11 is 0. The molecule has 1 aromatic heterocycles. The molecule has 0 spiro atoms. The fourth-order valence-electron chi connectivity index (χ4n) is 3.01. The van der Waals surface area contributed by atoms with Crippen molar-refractivity contribution in [2.24, 2.45) is 4.99 Å². The van der Waals surface area contributed by atoms with Crippen LogP contribution in [0.15, 0.2) is 33.8 Å². The zero-order valence-electron chi connectivity index (χ0n) is 17.9. The molecule has 0 unspecified atom stereocenters. The molecule has 0 aliphatic rings. The van der Waals surface area contributed by atoms with Crippen LogP contribution >= 0.6 is 0 Å². The molecule has 0 saturated carbocycles. The highest BCUT2D eigenvalue weighted by Crippen LogP contribution is 2.26. The molecule has 2 aromatic rings. The Labute approximate surface area is 175 Å². The predicted molar refractivity (Wildman–Crippen MR) is 111 cm³/mol. The summed E-state index contributed by atoms with van der Waals surface area (Å²) in [6, 6.07) is 6.59. The quantitative estimate of drug-likeness (QED) is 0.410. The number of aromatic nitrogens is 1. The molecule has 30 heavy (non-hydrogen) atoms. The van der Waals surface area contributed by atoms with Crippen molar-refractivity contribution in [3.8, 4) is 11.5 Å². The SMILES string of the molecule is CCNC(=NCc1cc(OC)ccc1OC(F)F)NCc1cc(C(CC)CC)no1. The van der Waals surface area contributed by atoms with E-state index < -0.39 is 6.61 Å². The second kappa shape index (κ2) is 12.0. The van der Waals surface area contributed by atoms with Gasteiger partial charge in [0.2, 0.25) is 0 Å². The molecule has 166 valence electrons. The van der Waals surface area contributed by atoms with E-state index in [9.17, 15) is 8.78 Å². The molecule has 0 amide bonds. The monoisotopic (exact) mass is 424 g/mol. The number of methoxy groups -OCH3 is 1. The lowest BCUT2D eigenvalue weighted by Gasteiger charge is -2.13. The minimum absolute atomic E-state index is 0.0652. The van der Waals surface area contributed by atoms with Gasteiger partial charge in [0.25, 0.3) is 0 Å². The molecule has 7 nitrogen and oxygen atoms in total. The van der Waals surface area contributed by atoms with Crippen molar-refractivity contribution >= 4 is 5.96 Å². The molecular formula is C21H30F2N4O3. The van der Waals surface area contributed by atoms with Crippen molar-refractivity contribution < 1.29 is 22.8 Å². The Morgan fingerprint density at radius 1 is 1.17 bits per heavy atom. The van der Waals surface area contributed by atoms with Crippen LogP contribution in [0.2, 0.25) is 0 Å². The molecule has 0 fully saturated rings. The molecule has 2 rings (SSSR count). The molecule has 1 heterocycles. The number of alkyl halides is 2. The molecule has 0 bridgehead atoms. The van der Waals surface area contributed by atoms with Crippen LogP contribution in [0.5, 0.6) is 11.5 Å². The Hall–Kier alpha value is -2.84. The van der Waals surface area contributed by atoms with E-state index in [4.69, 9.17) is 9.26 Å². The van der Waals surface area contributed by atoms with Crippen LogP contribution in [0, 0.1) is 0 Å². The zero-order valence-corrected chi connectivity index (χ0v) is 17.9. The Kier molecular flexibility index (Phi) is 9.37. The molecule has 2 N–H and O–H groups in total. The van der Waals surface area contributed by atoms with Gasteiger partial charge in [-0.15, -0.1) is 0 Å². The maximum absolute atomic E-state index is 12.7. The number of benzene rings is 1. The maximum atomic E-state index is 12.7. The van der Waals surface area contributed by atoms with Crippen molar-refractivity contribution in [3.63, 3.8) is 0 Å². The van der Waals surface area contributed by atoms with Gasteiger partial charge in [0.15, 0.2) is 11.7 Å². The Bertz CT molecular complexity index is 807. The van der Waals surface area contributed by atoms with E-state index >= 15 is 0 Å². The predicted octanol–water partition coefficient (Wildman–Crippen LogP) is 4.44. The van der Waals surface area contributed by atoms with Crippen LogP contribution in [-0.4, -0.2) is 31.4 Å². The van der Waals surface area contributed by atoms with E-state index in [1.807, 2.05) is 13.0 Å². The lowest BCUT2D eigenvalue weighted by Crippen LogP contribution is -2.36. The molecule has 0 saturated heterocycles. The first-order chi connectivity index (χ1) is 14.5. The third-order valence-electron chi connectivity index (χ3n) is 4.65. The fourth-order valence-corrected chi connectivity index (χ4v) is 3.01. The van der Waals surface area contributed by atoms with Crippen molar-refractivity contribution in [2.45, 2.75) is 59.2 Å². The van der Waals surface area contributed by atoms with E-state index in [1.165, 1.54) is 13.2 Å². The highest BCUT2D eigenvalue weighted by Gasteiger charge is 2.14. The van der Waals surface area contributed by atoms with Crippen LogP contribution in [0.3, 0.4) is 0 Å². The number of aliphatic imine (C=N–C) groups is 1. The Morgan fingerprint density at radius 2 is 1.93 bits per heavy atom. The van der Waals surface area contributed by atoms with E-state index in [-0.39, 0.29) is 12.3 Å². The minimum Gasteiger partial charge on any atom is -0.497 e. The van der Waals surface area contributed by atoms with E-state index in [0.717, 1.165) is 18.5 Å². The number of rotatable bonds is 11. The first kappa shape index (κ1) is 23.4. The molecule has 0 aliphatic heterocycles. The number of nitrogens with one attached hydrogen (secondary N) is 2. The van der Waals surface area contributed by atoms with Crippen molar-refractivity contribution in [1.82, 2.24) is 15.8 Å². The molecule has 0 aliphatic carbocycles. The van der Waals surface area contributed by atoms with Crippen LogP contribution < -0.4 is 20.1 Å². The van der Waals surface area contributed by atoms with Crippen LogP contribution in [-0.2, 0) is 13.1 Å². The summed E-state index contributed by atoms with van der Waals surface area (Å²) in [4.78, 5) is 4.47. The van der Waals surface area contributed by atoms with Crippen molar-refractivity contribution in [1.29, 1.82) is 0 Å². The highest BCUT2D eigenvalue weighted by molar-refractivity contribution is 5.79. The summed E-state index contributed by atoms with van der Waals surface area (Å²) in [6.45, 7) is 4.44. The van der Waals surface area contributed by atoms with Gasteiger partial charge >= 0.3 is 6.61 Å². The third kappa shape index (κ3) is 6.89. The average molecular weight is 424 g/mol. The van der Waals surface area contributed by atoms with Gasteiger partial charge in [-0.2, -0.15) is 8.78 Å². The number of halogens is 2. The topological polar surface area (TPSA) is 80.9 Å². The second-order valence-corrected chi connectivity index (χ2v) is 6.63. The van der Waals surface area contributed by atoms with Crippen LogP contribution in [0.1, 0.15) is 56.5 Å². The normalized spacial score (nSPS) is 11.8. The van der Waals surface area contributed by atoms with Gasteiger partial charge in [-0.3, -0.25) is 0 Å². The smallest absolute Gasteiger partial charge is 0.387 e. The van der Waals surface area contributed by atoms with Gasteiger partial charge in [-0.05, 0) is 38.0 Å². The third-order valence-corrected chi connectivity index (χ3v) is 4.65. The summed E-state index contributed by atoms with van der Waals surface area (Å²) in [5, 5.41) is 10.4. The van der Waals surface area contributed by atoms with Gasteiger partial charge in [-0.25, -0.2) is 4.99 Å². The summed E-state index contributed by atoms with van der Waals surface area (Å²) in [6.07, 6.45) is 2.01. The van der Waals surface area contributed by atoms with Gasteiger partial charge in [0.1, 0.15) is 11.5 Å². The van der Waals surface area contributed by atoms with E-state index in [2.05, 4.69) is 39.4 Å². The number of guanidine groups is 1. The summed E-state index contributed by atoms with van der Waals surface area (Å²) in [5.41, 5.74) is 1.44. The summed E-state index contributed by atoms with van der Waals surface area (Å²) < 4.78 is 40.6. The first-order valence-electron chi connectivity index (χ1n) is 10.1. The first-order valence-corrected chi connectivity index (χ1v) is 10.1. The molecule has 0 atom stereocenters. The summed E-state index contributed by atoms with van der Waals surface area (Å²) in [5.74, 6) is 2.20. The van der Waals surface area contributed by atoms with Crippen LogP contribution in [0.4, 0.5) is 8.78 Å². The fraction of sp³-hybridized carbons (Fsp3) is 0.524. The minimum atomic E-state index is -2.91. The molecule has 1 aromatic carbocycles. The second-order valence-electron chi connectivity index (χ2n) is 6.63. The van der Waals surface area contributed by atoms with Crippen molar-refractivity contribution in [2.75, 3.05) is 13.7 Å². The lowest BCUT2D eigenvalue weighted by molar-refractivity contribution is -0.0504. The largest absolute Gasteiger partial charge is 0.497 e. The van der Waals surface area contributed by atoms with Gasteiger partial charge in [-0.1, -0.05) is 19.0 Å². The van der Waals surface area contributed by atoms with Gasteiger partial charge in [0.05, 0.1) is 25.9 Å². The molecular weight excluding hydrogens is 394 g/mol. The van der Waals surface area contributed by atoms with Crippen LogP contribution in [0.25, 0.3) is 0 Å². The summed E-state index contributed by atoms with van der Waals surface area (Å²) in [7, 11) is 1.51.